The molecule has 31 heavy (non-hydrogen) atoms. The van der Waals surface area contributed by atoms with Crippen molar-refractivity contribution < 1.29 is 0 Å². The number of nitrogens with one attached hydrogen (secondary N) is 2. The fraction of sp³-hybridized carbons (Fsp3) is 0.375. The van der Waals surface area contributed by atoms with E-state index in [1.54, 1.807) is 6.33 Å². The molecule has 2 atom stereocenters. The first-order chi connectivity index (χ1) is 15.2. The Kier molecular flexibility index (Phi) is 6.94. The Labute approximate surface area is 184 Å². The van der Waals surface area contributed by atoms with E-state index in [1.807, 2.05) is 34.9 Å². The molecule has 2 N–H and O–H groups in total. The van der Waals surface area contributed by atoms with Crippen molar-refractivity contribution in [3.8, 4) is 5.69 Å². The number of rotatable bonds is 7. The summed E-state index contributed by atoms with van der Waals surface area (Å²) in [4.78, 5) is 7.32. The van der Waals surface area contributed by atoms with E-state index in [-0.39, 0.29) is 0 Å². The van der Waals surface area contributed by atoms with E-state index >= 15 is 0 Å². The quantitative estimate of drug-likeness (QED) is 0.457. The van der Waals surface area contributed by atoms with E-state index < -0.39 is 0 Å². The monoisotopic (exact) mass is 417 g/mol. The summed E-state index contributed by atoms with van der Waals surface area (Å²) in [5.74, 6) is 1.64. The van der Waals surface area contributed by atoms with Crippen LogP contribution in [0, 0.1) is 0 Å². The van der Waals surface area contributed by atoms with Gasteiger partial charge in [0.15, 0.2) is 11.8 Å². The van der Waals surface area contributed by atoms with Gasteiger partial charge in [0.1, 0.15) is 12.9 Å². The average Bonchev–Trinajstić information content (AvgIpc) is 3.40. The summed E-state index contributed by atoms with van der Waals surface area (Å²) in [6, 6.07) is 21.7. The Hall–Kier alpha value is -3.19. The normalized spacial score (nSPS) is 19.5. The lowest BCUT2D eigenvalue weighted by Gasteiger charge is -2.21. The van der Waals surface area contributed by atoms with E-state index in [0.717, 1.165) is 43.5 Å². The lowest BCUT2D eigenvalue weighted by molar-refractivity contribution is 0.258. The lowest BCUT2D eigenvalue weighted by atomic mass is 10.2. The van der Waals surface area contributed by atoms with Gasteiger partial charge < -0.3 is 10.6 Å². The Morgan fingerprint density at radius 3 is 2.58 bits per heavy atom. The molecule has 0 radical (unpaired) electrons. The number of likely N-dealkylation sites (tertiary alicyclic amines) is 1. The van der Waals surface area contributed by atoms with E-state index in [0.29, 0.717) is 18.6 Å². The van der Waals surface area contributed by atoms with Crippen LogP contribution < -0.4 is 10.6 Å². The molecule has 0 bridgehead atoms. The van der Waals surface area contributed by atoms with Gasteiger partial charge in [-0.1, -0.05) is 48.5 Å². The molecule has 0 spiro atoms. The van der Waals surface area contributed by atoms with Crippen LogP contribution in [0.25, 0.3) is 5.69 Å². The molecular weight excluding hydrogens is 386 g/mol. The number of benzene rings is 2. The first-order valence-electron chi connectivity index (χ1n) is 11.0. The molecule has 1 aliphatic heterocycles. The molecule has 1 saturated heterocycles. The molecule has 4 rings (SSSR count). The van der Waals surface area contributed by atoms with E-state index in [2.05, 4.69) is 69.9 Å². The fourth-order valence-electron chi connectivity index (χ4n) is 4.08. The zero-order valence-electron chi connectivity index (χ0n) is 18.3. The summed E-state index contributed by atoms with van der Waals surface area (Å²) in [6.07, 6.45) is 2.83. The van der Waals surface area contributed by atoms with Gasteiger partial charge in [0.2, 0.25) is 0 Å². The molecule has 2 heterocycles. The molecule has 162 valence electrons. The predicted octanol–water partition coefficient (Wildman–Crippen LogP) is 2.99. The second kappa shape index (κ2) is 10.2. The number of guanidine groups is 1. The van der Waals surface area contributed by atoms with Crippen LogP contribution in [0.1, 0.15) is 31.7 Å². The Morgan fingerprint density at radius 2 is 1.84 bits per heavy atom. The zero-order valence-corrected chi connectivity index (χ0v) is 18.3. The molecule has 0 aliphatic carbocycles. The lowest BCUT2D eigenvalue weighted by Crippen LogP contribution is -2.44. The number of hydrogen-bond donors (Lipinski definition) is 2. The summed E-state index contributed by atoms with van der Waals surface area (Å²) in [6.45, 7) is 7.64. The number of nitrogens with zero attached hydrogens (tertiary/aromatic N) is 5. The van der Waals surface area contributed by atoms with Crippen molar-refractivity contribution in [3.63, 3.8) is 0 Å². The third kappa shape index (κ3) is 5.49. The molecular formula is C24H31N7. The zero-order chi connectivity index (χ0) is 21.5. The number of aliphatic imine (C=N–C) groups is 1. The minimum Gasteiger partial charge on any atom is -0.357 e. The van der Waals surface area contributed by atoms with Gasteiger partial charge in [0.05, 0.1) is 0 Å². The molecule has 1 aliphatic rings. The topological polar surface area (TPSA) is 70.4 Å². The molecule has 2 unspecified atom stereocenters. The van der Waals surface area contributed by atoms with Crippen molar-refractivity contribution in [1.82, 2.24) is 30.3 Å². The van der Waals surface area contributed by atoms with Crippen LogP contribution in [0.3, 0.4) is 0 Å². The Balaban J connectivity index is 1.39. The predicted molar refractivity (Wildman–Crippen MR) is 124 cm³/mol. The van der Waals surface area contributed by atoms with Crippen LogP contribution in [0.2, 0.25) is 0 Å². The standard InChI is InChI=1S/C24H31N7/c1-3-25-24(26-15-23-29-27-18-31(23)22-12-8-5-9-13-22)28-21-14-19(2)30(17-21)16-20-10-6-4-7-11-20/h4-13,18-19,21H,3,14-17H2,1-2H3,(H2,25,26,28). The Morgan fingerprint density at radius 1 is 1.10 bits per heavy atom. The SMILES string of the molecule is CCNC(=NCc1nncn1-c1ccccc1)NC1CC(C)N(Cc2ccccc2)C1. The van der Waals surface area contributed by atoms with Crippen molar-refractivity contribution in [1.29, 1.82) is 0 Å². The molecule has 0 amide bonds. The fourth-order valence-corrected chi connectivity index (χ4v) is 4.08. The van der Waals surface area contributed by atoms with Gasteiger partial charge in [-0.3, -0.25) is 9.47 Å². The molecule has 1 aromatic heterocycles. The van der Waals surface area contributed by atoms with Gasteiger partial charge in [-0.05, 0) is 38.0 Å². The largest absolute Gasteiger partial charge is 0.357 e. The summed E-state index contributed by atoms with van der Waals surface area (Å²) in [5.41, 5.74) is 2.40. The van der Waals surface area contributed by atoms with Crippen molar-refractivity contribution in [2.45, 2.75) is 45.4 Å². The van der Waals surface area contributed by atoms with E-state index in [9.17, 15) is 0 Å². The van der Waals surface area contributed by atoms with Crippen LogP contribution in [-0.4, -0.2) is 50.8 Å². The van der Waals surface area contributed by atoms with E-state index in [1.165, 1.54) is 5.56 Å². The first-order valence-corrected chi connectivity index (χ1v) is 11.0. The Bertz CT molecular complexity index is 968. The molecule has 0 saturated carbocycles. The summed E-state index contributed by atoms with van der Waals surface area (Å²) in [5, 5.41) is 15.3. The summed E-state index contributed by atoms with van der Waals surface area (Å²) < 4.78 is 1.98. The minimum atomic E-state index is 0.364. The van der Waals surface area contributed by atoms with Crippen LogP contribution in [-0.2, 0) is 13.1 Å². The second-order valence-corrected chi connectivity index (χ2v) is 7.99. The van der Waals surface area contributed by atoms with Gasteiger partial charge >= 0.3 is 0 Å². The highest BCUT2D eigenvalue weighted by atomic mass is 15.3. The highest BCUT2D eigenvalue weighted by Crippen LogP contribution is 2.20. The molecule has 7 heteroatoms. The first kappa shape index (κ1) is 21.1. The number of hydrogen-bond acceptors (Lipinski definition) is 4. The van der Waals surface area contributed by atoms with Crippen molar-refractivity contribution in [2.75, 3.05) is 13.1 Å². The van der Waals surface area contributed by atoms with Crippen molar-refractivity contribution >= 4 is 5.96 Å². The minimum absolute atomic E-state index is 0.364. The van der Waals surface area contributed by atoms with Gasteiger partial charge in [0.25, 0.3) is 0 Å². The van der Waals surface area contributed by atoms with Gasteiger partial charge in [-0.2, -0.15) is 0 Å². The van der Waals surface area contributed by atoms with Gasteiger partial charge in [-0.25, -0.2) is 4.99 Å². The maximum absolute atomic E-state index is 4.79. The molecule has 1 fully saturated rings. The molecule has 3 aromatic rings. The number of aromatic nitrogens is 3. The maximum Gasteiger partial charge on any atom is 0.191 e. The third-order valence-corrected chi connectivity index (χ3v) is 5.65. The van der Waals surface area contributed by atoms with Gasteiger partial charge in [-0.15, -0.1) is 10.2 Å². The van der Waals surface area contributed by atoms with Crippen LogP contribution in [0.5, 0.6) is 0 Å². The molecule has 2 aromatic carbocycles. The third-order valence-electron chi connectivity index (χ3n) is 5.65. The van der Waals surface area contributed by atoms with Crippen molar-refractivity contribution in [3.05, 3.63) is 78.4 Å². The molecule has 7 nitrogen and oxygen atoms in total. The van der Waals surface area contributed by atoms with Crippen LogP contribution >= 0.6 is 0 Å². The highest BCUT2D eigenvalue weighted by molar-refractivity contribution is 5.80. The van der Waals surface area contributed by atoms with E-state index in [4.69, 9.17) is 4.99 Å². The maximum atomic E-state index is 4.79. The van der Waals surface area contributed by atoms with Gasteiger partial charge in [0, 0.05) is 37.4 Å². The average molecular weight is 418 g/mol. The number of para-hydroxylation sites is 1. The van der Waals surface area contributed by atoms with Crippen LogP contribution in [0.4, 0.5) is 0 Å². The van der Waals surface area contributed by atoms with Crippen molar-refractivity contribution in [2.24, 2.45) is 4.99 Å². The summed E-state index contributed by atoms with van der Waals surface area (Å²) in [7, 11) is 0. The smallest absolute Gasteiger partial charge is 0.191 e. The van der Waals surface area contributed by atoms with Crippen LogP contribution in [0.15, 0.2) is 72.0 Å². The highest BCUT2D eigenvalue weighted by Gasteiger charge is 2.29. The second-order valence-electron chi connectivity index (χ2n) is 7.99. The summed E-state index contributed by atoms with van der Waals surface area (Å²) >= 11 is 0.